The predicted molar refractivity (Wildman–Crippen MR) is 86.4 cm³/mol. The third kappa shape index (κ3) is 12.9. The summed E-state index contributed by atoms with van der Waals surface area (Å²) in [7, 11) is 0. The zero-order valence-electron chi connectivity index (χ0n) is 12.2. The smallest absolute Gasteiger partial charge is 0.180 e. The molecular weight excluding hydrogens is 300 g/mol. The minimum absolute atomic E-state index is 1.14. The number of aromatic nitrogens is 4. The molecule has 22 heavy (non-hydrogen) atoms. The first-order valence-corrected chi connectivity index (χ1v) is 7.70. The lowest BCUT2D eigenvalue weighted by Crippen LogP contribution is -2.39. The van der Waals surface area contributed by atoms with Gasteiger partial charge in [-0.2, -0.15) is 0 Å². The topological polar surface area (TPSA) is 88.8 Å². The maximum atomic E-state index is 4.47. The quantitative estimate of drug-likeness (QED) is 0.648. The van der Waals surface area contributed by atoms with Crippen LogP contribution in [0.25, 0.3) is 0 Å². The summed E-state index contributed by atoms with van der Waals surface area (Å²) in [5.41, 5.74) is 1.79. The molecule has 0 aliphatic carbocycles. The van der Waals surface area contributed by atoms with Gasteiger partial charge in [-0.05, 0) is 0 Å². The molecule has 118 valence electrons. The van der Waals surface area contributed by atoms with E-state index < -0.39 is 0 Å². The Balaban J connectivity index is 0.000000147. The summed E-state index contributed by atoms with van der Waals surface area (Å²) in [5, 5.41) is 8.38. The van der Waals surface area contributed by atoms with Gasteiger partial charge in [0.2, 0.25) is 0 Å². The molecule has 1 fully saturated rings. The van der Waals surface area contributed by atoms with E-state index in [1.165, 1.54) is 12.7 Å². The van der Waals surface area contributed by atoms with Crippen LogP contribution in [0.4, 0.5) is 0 Å². The predicted octanol–water partition coefficient (Wildman–Crippen LogP) is 1.47. The van der Waals surface area contributed by atoms with Crippen molar-refractivity contribution in [2.45, 2.75) is 0 Å². The molecule has 4 heterocycles. The number of piperazine rings is 1. The van der Waals surface area contributed by atoms with Crippen molar-refractivity contribution in [2.24, 2.45) is 0 Å². The Labute approximate surface area is 133 Å². The van der Waals surface area contributed by atoms with Crippen LogP contribution in [0.2, 0.25) is 0 Å². The summed E-state index contributed by atoms with van der Waals surface area (Å²) >= 11 is 1.60. The van der Waals surface area contributed by atoms with Crippen molar-refractivity contribution in [2.75, 3.05) is 26.2 Å². The number of nitrogens with zero attached hydrogens (tertiary/aromatic N) is 4. The number of rotatable bonds is 0. The molecule has 8 heteroatoms. The van der Waals surface area contributed by atoms with Gasteiger partial charge in [0.05, 0.1) is 11.7 Å². The third-order valence-electron chi connectivity index (χ3n) is 2.13. The van der Waals surface area contributed by atoms with E-state index in [0.717, 1.165) is 26.2 Å². The van der Waals surface area contributed by atoms with Crippen LogP contribution < -0.4 is 10.6 Å². The van der Waals surface area contributed by atoms with Crippen molar-refractivity contribution in [1.82, 2.24) is 30.6 Å². The Morgan fingerprint density at radius 1 is 0.727 bits per heavy atom. The maximum Gasteiger partial charge on any atom is 0.180 e. The van der Waals surface area contributed by atoms with Crippen LogP contribution >= 0.6 is 11.3 Å². The number of oxazole rings is 1. The molecule has 0 aromatic carbocycles. The van der Waals surface area contributed by atoms with Gasteiger partial charge in [0.15, 0.2) is 6.39 Å². The van der Waals surface area contributed by atoms with Crippen LogP contribution in [0, 0.1) is 0 Å². The summed E-state index contributed by atoms with van der Waals surface area (Å²) in [6, 6.07) is 0. The SMILES string of the molecule is C1CNCCN1.c1cnccn1.c1cocn1.c1cscn1. The molecule has 1 saturated heterocycles. The molecule has 2 N–H and O–H groups in total. The van der Waals surface area contributed by atoms with Gasteiger partial charge >= 0.3 is 0 Å². The molecule has 0 radical (unpaired) electrons. The van der Waals surface area contributed by atoms with Crippen molar-refractivity contribution in [3.05, 3.63) is 60.7 Å². The molecule has 3 aromatic rings. The lowest BCUT2D eigenvalue weighted by molar-refractivity contribution is 0.534. The van der Waals surface area contributed by atoms with Crippen molar-refractivity contribution in [3.8, 4) is 0 Å². The fourth-order valence-electron chi connectivity index (χ4n) is 1.21. The monoisotopic (exact) mass is 320 g/mol. The second kappa shape index (κ2) is 15.2. The Morgan fingerprint density at radius 3 is 1.55 bits per heavy atom. The molecule has 7 nitrogen and oxygen atoms in total. The van der Waals surface area contributed by atoms with Crippen LogP contribution in [0.15, 0.2) is 65.1 Å². The zero-order valence-corrected chi connectivity index (χ0v) is 13.0. The number of thiazole rings is 1. The van der Waals surface area contributed by atoms with Gasteiger partial charge < -0.3 is 15.1 Å². The van der Waals surface area contributed by atoms with E-state index in [4.69, 9.17) is 0 Å². The first-order chi connectivity index (χ1) is 11.0. The molecule has 0 bridgehead atoms. The van der Waals surface area contributed by atoms with Gasteiger partial charge in [-0.1, -0.05) is 0 Å². The molecule has 1 aliphatic rings. The standard InChI is InChI=1S/C4H10N2.C4H4N2.C3H3NO.C3H3NS/c2*1-2-6-4-3-5-1;2*1-2-5-3-4-1/h5-6H,1-4H2;1-4H;2*1-3H. The highest BCUT2D eigenvalue weighted by molar-refractivity contribution is 7.07. The van der Waals surface area contributed by atoms with E-state index in [9.17, 15) is 0 Å². The van der Waals surface area contributed by atoms with Crippen LogP contribution in [0.3, 0.4) is 0 Å². The first kappa shape index (κ1) is 17.9. The Hall–Kier alpha value is -2.16. The van der Waals surface area contributed by atoms with Crippen molar-refractivity contribution < 1.29 is 4.42 Å². The van der Waals surface area contributed by atoms with Gasteiger partial charge in [-0.3, -0.25) is 15.0 Å². The molecule has 3 aromatic heterocycles. The third-order valence-corrected chi connectivity index (χ3v) is 2.65. The van der Waals surface area contributed by atoms with Gasteiger partial charge in [-0.15, -0.1) is 11.3 Å². The Morgan fingerprint density at radius 2 is 1.36 bits per heavy atom. The molecule has 0 atom stereocenters. The van der Waals surface area contributed by atoms with E-state index in [1.54, 1.807) is 54.0 Å². The summed E-state index contributed by atoms with van der Waals surface area (Å²) < 4.78 is 4.47. The molecule has 0 spiro atoms. The highest BCUT2D eigenvalue weighted by atomic mass is 32.1. The summed E-state index contributed by atoms with van der Waals surface area (Å²) in [4.78, 5) is 14.7. The average molecular weight is 320 g/mol. The van der Waals surface area contributed by atoms with Crippen LogP contribution in [0.5, 0.6) is 0 Å². The molecule has 4 rings (SSSR count). The van der Waals surface area contributed by atoms with Crippen molar-refractivity contribution >= 4 is 11.3 Å². The highest BCUT2D eigenvalue weighted by Crippen LogP contribution is 1.85. The van der Waals surface area contributed by atoms with Crippen LogP contribution in [-0.2, 0) is 0 Å². The molecule has 1 aliphatic heterocycles. The molecule has 0 saturated carbocycles. The first-order valence-electron chi connectivity index (χ1n) is 6.76. The lowest BCUT2D eigenvalue weighted by atomic mass is 10.4. The van der Waals surface area contributed by atoms with Crippen LogP contribution in [0.1, 0.15) is 0 Å². The Bertz CT molecular complexity index is 388. The second-order valence-electron chi connectivity index (χ2n) is 3.75. The van der Waals surface area contributed by atoms with E-state index in [1.807, 2.05) is 5.38 Å². The average Bonchev–Trinajstić information content (AvgIpc) is 3.37. The fourth-order valence-corrected chi connectivity index (χ4v) is 1.56. The van der Waals surface area contributed by atoms with Crippen molar-refractivity contribution in [1.29, 1.82) is 0 Å². The molecule has 0 unspecified atom stereocenters. The number of hydrogen-bond donors (Lipinski definition) is 2. The maximum absolute atomic E-state index is 4.47. The van der Waals surface area contributed by atoms with Gasteiger partial charge in [0.1, 0.15) is 6.26 Å². The second-order valence-corrected chi connectivity index (χ2v) is 4.50. The highest BCUT2D eigenvalue weighted by Gasteiger charge is 1.91. The number of hydrogen-bond acceptors (Lipinski definition) is 8. The summed E-state index contributed by atoms with van der Waals surface area (Å²) in [6.07, 6.45) is 12.8. The van der Waals surface area contributed by atoms with Gasteiger partial charge in [0.25, 0.3) is 0 Å². The lowest BCUT2D eigenvalue weighted by Gasteiger charge is -2.11. The van der Waals surface area contributed by atoms with Crippen LogP contribution in [-0.4, -0.2) is 46.1 Å². The summed E-state index contributed by atoms with van der Waals surface area (Å²) in [5.74, 6) is 0. The Kier molecular flexibility index (Phi) is 12.4. The minimum Gasteiger partial charge on any atom is -0.452 e. The fraction of sp³-hybridized carbons (Fsp3) is 0.286. The minimum atomic E-state index is 1.14. The van der Waals surface area contributed by atoms with E-state index in [0.29, 0.717) is 0 Å². The van der Waals surface area contributed by atoms with Crippen molar-refractivity contribution in [3.63, 3.8) is 0 Å². The molecular formula is C14H20N6OS. The van der Waals surface area contributed by atoms with E-state index in [-0.39, 0.29) is 0 Å². The van der Waals surface area contributed by atoms with E-state index >= 15 is 0 Å². The van der Waals surface area contributed by atoms with Gasteiger partial charge in [-0.25, -0.2) is 4.98 Å². The van der Waals surface area contributed by atoms with E-state index in [2.05, 4.69) is 35.0 Å². The largest absolute Gasteiger partial charge is 0.452 e. The number of nitrogens with one attached hydrogen (secondary N) is 2. The molecule has 0 amide bonds. The van der Waals surface area contributed by atoms with Gasteiger partial charge in [0, 0.05) is 62.5 Å². The normalized spacial score (nSPS) is 12.4. The summed E-state index contributed by atoms with van der Waals surface area (Å²) in [6.45, 7) is 4.56. The zero-order chi connectivity index (χ0) is 15.6.